The van der Waals surface area contributed by atoms with Crippen molar-refractivity contribution in [3.8, 4) is 17.2 Å². The van der Waals surface area contributed by atoms with Crippen LogP contribution in [0.5, 0.6) is 0 Å². The lowest BCUT2D eigenvalue weighted by Gasteiger charge is -2.18. The third kappa shape index (κ3) is 3.87. The van der Waals surface area contributed by atoms with Crippen LogP contribution < -0.4 is 5.56 Å². The van der Waals surface area contributed by atoms with Gasteiger partial charge in [0, 0.05) is 22.4 Å². The predicted octanol–water partition coefficient (Wildman–Crippen LogP) is 4.65. The summed E-state index contributed by atoms with van der Waals surface area (Å²) in [7, 11) is 2.01. The van der Waals surface area contributed by atoms with E-state index in [4.69, 9.17) is 4.98 Å². The maximum Gasteiger partial charge on any atom is 0.263 e. The quantitative estimate of drug-likeness (QED) is 0.455. The molecule has 0 bridgehead atoms. The molecule has 0 radical (unpaired) electrons. The molecular weight excluding hydrogens is 400 g/mol. The van der Waals surface area contributed by atoms with Crippen LogP contribution >= 0.6 is 22.7 Å². The van der Waals surface area contributed by atoms with Gasteiger partial charge < -0.3 is 0 Å². The molecule has 0 unspecified atom stereocenters. The van der Waals surface area contributed by atoms with Crippen LogP contribution in [-0.4, -0.2) is 21.5 Å². The highest BCUT2D eigenvalue weighted by Crippen LogP contribution is 2.31. The number of thiophene rings is 2. The fourth-order valence-electron chi connectivity index (χ4n) is 3.36. The summed E-state index contributed by atoms with van der Waals surface area (Å²) in [6.45, 7) is 3.38. The minimum Gasteiger partial charge on any atom is -0.294 e. The number of benzene rings is 1. The van der Waals surface area contributed by atoms with Gasteiger partial charge >= 0.3 is 0 Å². The zero-order chi connectivity index (χ0) is 20.4. The lowest BCUT2D eigenvalue weighted by Crippen LogP contribution is -2.29. The number of rotatable bonds is 6. The first-order valence-electron chi connectivity index (χ1n) is 9.23. The van der Waals surface area contributed by atoms with Gasteiger partial charge in [0.05, 0.1) is 18.0 Å². The van der Waals surface area contributed by atoms with Crippen LogP contribution in [0.3, 0.4) is 0 Å². The van der Waals surface area contributed by atoms with Gasteiger partial charge in [-0.05, 0) is 36.5 Å². The molecule has 5 nitrogen and oxygen atoms in total. The first-order valence-corrected chi connectivity index (χ1v) is 11.0. The topological polar surface area (TPSA) is 61.9 Å². The number of hydrogen-bond donors (Lipinski definition) is 0. The molecule has 7 heteroatoms. The van der Waals surface area contributed by atoms with Gasteiger partial charge in [-0.1, -0.05) is 30.3 Å². The van der Waals surface area contributed by atoms with Gasteiger partial charge in [0.15, 0.2) is 0 Å². The van der Waals surface area contributed by atoms with Crippen LogP contribution in [0, 0.1) is 18.3 Å². The van der Waals surface area contributed by atoms with Gasteiger partial charge in [-0.3, -0.25) is 14.3 Å². The summed E-state index contributed by atoms with van der Waals surface area (Å²) in [5.74, 6) is 0.627. The van der Waals surface area contributed by atoms with Crippen LogP contribution in [0.4, 0.5) is 0 Å². The fourth-order valence-corrected chi connectivity index (χ4v) is 5.30. The van der Waals surface area contributed by atoms with E-state index >= 15 is 0 Å². The highest BCUT2D eigenvalue weighted by Gasteiger charge is 2.18. The van der Waals surface area contributed by atoms with Crippen molar-refractivity contribution in [1.82, 2.24) is 14.5 Å². The van der Waals surface area contributed by atoms with E-state index < -0.39 is 0 Å². The highest BCUT2D eigenvalue weighted by atomic mass is 32.1. The van der Waals surface area contributed by atoms with Crippen molar-refractivity contribution in [3.63, 3.8) is 0 Å². The smallest absolute Gasteiger partial charge is 0.263 e. The standard InChI is InChI=1S/C22H20N4OS2/c1-15-8-11-28-18(15)12-25(2)13-19-24-21-20(22(27)26(19)10-9-23)17(14-29-21)16-6-4-3-5-7-16/h3-8,11,14H,10,12-13H2,1-2H3. The molecular formula is C22H20N4OS2. The molecule has 0 N–H and O–H groups in total. The SMILES string of the molecule is Cc1ccsc1CN(C)Cc1nc2scc(-c3ccccc3)c2c(=O)n1CC#N. The highest BCUT2D eigenvalue weighted by molar-refractivity contribution is 7.17. The van der Waals surface area contributed by atoms with Gasteiger partial charge in [-0.25, -0.2) is 4.98 Å². The summed E-state index contributed by atoms with van der Waals surface area (Å²) in [6, 6.07) is 14.1. The molecule has 0 aliphatic carbocycles. The van der Waals surface area contributed by atoms with Gasteiger partial charge in [0.1, 0.15) is 17.2 Å². The molecule has 0 amide bonds. The molecule has 4 aromatic rings. The van der Waals surface area contributed by atoms with Crippen molar-refractivity contribution in [1.29, 1.82) is 5.26 Å². The largest absolute Gasteiger partial charge is 0.294 e. The van der Waals surface area contributed by atoms with E-state index in [9.17, 15) is 10.1 Å². The molecule has 0 aliphatic rings. The van der Waals surface area contributed by atoms with Crippen molar-refractivity contribution in [3.05, 3.63) is 73.8 Å². The monoisotopic (exact) mass is 420 g/mol. The van der Waals surface area contributed by atoms with Crippen molar-refractivity contribution < 1.29 is 0 Å². The molecule has 1 aromatic carbocycles. The van der Waals surface area contributed by atoms with Crippen LogP contribution in [-0.2, 0) is 19.6 Å². The first-order chi connectivity index (χ1) is 14.1. The molecule has 3 heterocycles. The average molecular weight is 421 g/mol. The Balaban J connectivity index is 1.75. The minimum absolute atomic E-state index is 0.00689. The molecule has 4 rings (SSSR count). The number of hydrogen-bond acceptors (Lipinski definition) is 6. The second-order valence-corrected chi connectivity index (χ2v) is 8.83. The number of nitrogens with zero attached hydrogens (tertiary/aromatic N) is 4. The van der Waals surface area contributed by atoms with Crippen LogP contribution in [0.2, 0.25) is 0 Å². The molecule has 146 valence electrons. The van der Waals surface area contributed by atoms with Gasteiger partial charge in [-0.2, -0.15) is 5.26 Å². The van der Waals surface area contributed by atoms with Gasteiger partial charge in [0.25, 0.3) is 5.56 Å². The Morgan fingerprint density at radius 2 is 1.97 bits per heavy atom. The predicted molar refractivity (Wildman–Crippen MR) is 119 cm³/mol. The molecule has 0 saturated heterocycles. The Morgan fingerprint density at radius 1 is 1.17 bits per heavy atom. The maximum atomic E-state index is 13.3. The van der Waals surface area contributed by atoms with Crippen LogP contribution in [0.25, 0.3) is 21.3 Å². The molecule has 0 fully saturated rings. The van der Waals surface area contributed by atoms with Crippen molar-refractivity contribution in [2.45, 2.75) is 26.6 Å². The normalized spacial score (nSPS) is 11.2. The van der Waals surface area contributed by atoms with E-state index in [1.807, 2.05) is 42.8 Å². The summed E-state index contributed by atoms with van der Waals surface area (Å²) in [4.78, 5) is 22.2. The van der Waals surface area contributed by atoms with E-state index in [-0.39, 0.29) is 12.1 Å². The Hall–Kier alpha value is -2.79. The van der Waals surface area contributed by atoms with Crippen molar-refractivity contribution >= 4 is 32.9 Å². The Kier molecular flexibility index (Phi) is 5.58. The average Bonchev–Trinajstić information content (AvgIpc) is 3.32. The Morgan fingerprint density at radius 3 is 2.66 bits per heavy atom. The second-order valence-electron chi connectivity index (χ2n) is 6.97. The van der Waals surface area contributed by atoms with Crippen molar-refractivity contribution in [2.75, 3.05) is 7.05 Å². The molecule has 3 aromatic heterocycles. The number of aromatic nitrogens is 2. The van der Waals surface area contributed by atoms with Crippen LogP contribution in [0.1, 0.15) is 16.3 Å². The van der Waals surface area contributed by atoms with E-state index in [2.05, 4.69) is 29.3 Å². The third-order valence-corrected chi connectivity index (χ3v) is 6.76. The number of fused-ring (bicyclic) bond motifs is 1. The zero-order valence-corrected chi connectivity index (χ0v) is 17.9. The summed E-state index contributed by atoms with van der Waals surface area (Å²) in [5.41, 5.74) is 2.99. The maximum absolute atomic E-state index is 13.3. The summed E-state index contributed by atoms with van der Waals surface area (Å²) >= 11 is 3.20. The zero-order valence-electron chi connectivity index (χ0n) is 16.3. The van der Waals surface area contributed by atoms with E-state index in [1.165, 1.54) is 26.3 Å². The number of nitriles is 1. The summed E-state index contributed by atoms with van der Waals surface area (Å²) in [5, 5.41) is 14.0. The minimum atomic E-state index is -0.146. The molecule has 0 aliphatic heterocycles. The molecule has 29 heavy (non-hydrogen) atoms. The van der Waals surface area contributed by atoms with Gasteiger partial charge in [-0.15, -0.1) is 22.7 Å². The summed E-state index contributed by atoms with van der Waals surface area (Å²) in [6.07, 6.45) is 0. The van der Waals surface area contributed by atoms with Crippen molar-refractivity contribution in [2.24, 2.45) is 0 Å². The van der Waals surface area contributed by atoms with E-state index in [1.54, 1.807) is 11.3 Å². The molecule has 0 saturated carbocycles. The lowest BCUT2D eigenvalue weighted by atomic mass is 10.1. The van der Waals surface area contributed by atoms with E-state index in [0.29, 0.717) is 17.8 Å². The summed E-state index contributed by atoms with van der Waals surface area (Å²) < 4.78 is 1.51. The van der Waals surface area contributed by atoms with Crippen LogP contribution in [0.15, 0.2) is 52.0 Å². The Bertz CT molecular complexity index is 1250. The van der Waals surface area contributed by atoms with E-state index in [0.717, 1.165) is 22.5 Å². The van der Waals surface area contributed by atoms with Gasteiger partial charge in [0.2, 0.25) is 0 Å². The molecule has 0 atom stereocenters. The third-order valence-electron chi connectivity index (χ3n) is 4.88. The molecule has 0 spiro atoms. The Labute approximate surface area is 177 Å². The lowest BCUT2D eigenvalue weighted by molar-refractivity contribution is 0.306. The first kappa shape index (κ1) is 19.5. The second kappa shape index (κ2) is 8.29. The fraction of sp³-hybridized carbons (Fsp3) is 0.227. The number of aryl methyl sites for hydroxylation is 1.